The van der Waals surface area contributed by atoms with Crippen LogP contribution in [0.3, 0.4) is 0 Å². The maximum atomic E-state index is 11.2. The number of alkyl halides is 1. The maximum Gasteiger partial charge on any atom is 0.237 e. The zero-order valence-corrected chi connectivity index (χ0v) is 10.0. The van der Waals surface area contributed by atoms with Crippen molar-refractivity contribution in [2.75, 3.05) is 6.54 Å². The molecule has 2 N–H and O–H groups in total. The molecule has 0 aromatic carbocycles. The third-order valence-electron chi connectivity index (χ3n) is 2.74. The smallest absolute Gasteiger partial charge is 0.237 e. The summed E-state index contributed by atoms with van der Waals surface area (Å²) in [6, 6.07) is -0.00985. The Bertz CT molecular complexity index is 277. The molecule has 1 heterocycles. The largest absolute Gasteiger partial charge is 0.353 e. The minimum Gasteiger partial charge on any atom is -0.353 e. The summed E-state index contributed by atoms with van der Waals surface area (Å²) in [6.45, 7) is 6.07. The Morgan fingerprint density at radius 1 is 1.73 bits per heavy atom. The molecule has 86 valence electrons. The van der Waals surface area contributed by atoms with Crippen LogP contribution < -0.4 is 10.6 Å². The third kappa shape index (κ3) is 3.09. The molecule has 2 amide bonds. The minimum atomic E-state index is -0.537. The summed E-state index contributed by atoms with van der Waals surface area (Å²) >= 11 is 5.61. The van der Waals surface area contributed by atoms with E-state index in [9.17, 15) is 9.59 Å². The summed E-state index contributed by atoms with van der Waals surface area (Å²) < 4.78 is 0. The fourth-order valence-electron chi connectivity index (χ4n) is 1.65. The van der Waals surface area contributed by atoms with E-state index in [1.165, 1.54) is 0 Å². The van der Waals surface area contributed by atoms with Gasteiger partial charge >= 0.3 is 0 Å². The molecule has 0 aliphatic carbocycles. The van der Waals surface area contributed by atoms with Gasteiger partial charge in [0.15, 0.2) is 0 Å². The van der Waals surface area contributed by atoms with Gasteiger partial charge in [-0.2, -0.15) is 0 Å². The number of hydrogen-bond donors (Lipinski definition) is 2. The Hall–Kier alpha value is -0.770. The molecule has 0 radical (unpaired) electrons. The van der Waals surface area contributed by atoms with Crippen LogP contribution in [0, 0.1) is 5.41 Å². The lowest BCUT2D eigenvalue weighted by Gasteiger charge is -2.25. The first-order valence-corrected chi connectivity index (χ1v) is 5.48. The van der Waals surface area contributed by atoms with Gasteiger partial charge in [-0.1, -0.05) is 13.8 Å². The van der Waals surface area contributed by atoms with E-state index in [4.69, 9.17) is 11.6 Å². The molecule has 1 saturated heterocycles. The van der Waals surface area contributed by atoms with Gasteiger partial charge in [-0.25, -0.2) is 0 Å². The van der Waals surface area contributed by atoms with E-state index < -0.39 is 5.38 Å². The van der Waals surface area contributed by atoms with E-state index in [2.05, 4.69) is 10.6 Å². The van der Waals surface area contributed by atoms with Crippen molar-refractivity contribution in [3.8, 4) is 0 Å². The van der Waals surface area contributed by atoms with Crippen molar-refractivity contribution in [2.45, 2.75) is 38.6 Å². The Kier molecular flexibility index (Phi) is 3.60. The first-order chi connectivity index (χ1) is 6.83. The zero-order chi connectivity index (χ0) is 11.6. The van der Waals surface area contributed by atoms with Crippen LogP contribution in [0.2, 0.25) is 0 Å². The average Bonchev–Trinajstić information content (AvgIpc) is 2.34. The molecule has 5 heteroatoms. The van der Waals surface area contributed by atoms with Crippen LogP contribution in [0.1, 0.15) is 27.2 Å². The molecule has 15 heavy (non-hydrogen) atoms. The first kappa shape index (κ1) is 12.3. The predicted molar refractivity (Wildman–Crippen MR) is 58.7 cm³/mol. The van der Waals surface area contributed by atoms with Crippen LogP contribution in [-0.4, -0.2) is 29.8 Å². The highest BCUT2D eigenvalue weighted by Crippen LogP contribution is 2.29. The Labute approximate surface area is 94.7 Å². The lowest BCUT2D eigenvalue weighted by Crippen LogP contribution is -2.45. The van der Waals surface area contributed by atoms with Crippen LogP contribution in [0.4, 0.5) is 0 Å². The van der Waals surface area contributed by atoms with Gasteiger partial charge in [-0.15, -0.1) is 11.6 Å². The molecule has 0 aromatic rings. The highest BCUT2D eigenvalue weighted by Gasteiger charge is 2.39. The number of rotatable bonds is 3. The minimum absolute atomic E-state index is 0.00985. The maximum absolute atomic E-state index is 11.2. The average molecular weight is 233 g/mol. The highest BCUT2D eigenvalue weighted by atomic mass is 35.5. The summed E-state index contributed by atoms with van der Waals surface area (Å²) in [7, 11) is 0. The number of amides is 2. The highest BCUT2D eigenvalue weighted by molar-refractivity contribution is 6.30. The zero-order valence-electron chi connectivity index (χ0n) is 9.26. The third-order valence-corrected chi connectivity index (χ3v) is 2.93. The van der Waals surface area contributed by atoms with Gasteiger partial charge < -0.3 is 10.6 Å². The summed E-state index contributed by atoms with van der Waals surface area (Å²) in [4.78, 5) is 22.4. The van der Waals surface area contributed by atoms with Crippen LogP contribution in [0.15, 0.2) is 0 Å². The van der Waals surface area contributed by atoms with Gasteiger partial charge in [0.25, 0.3) is 0 Å². The number of halogens is 1. The van der Waals surface area contributed by atoms with Gasteiger partial charge in [-0.3, -0.25) is 9.59 Å². The van der Waals surface area contributed by atoms with Crippen LogP contribution >= 0.6 is 11.6 Å². The molecule has 1 aliphatic heterocycles. The lowest BCUT2D eigenvalue weighted by molar-refractivity contribution is -0.121. The van der Waals surface area contributed by atoms with E-state index in [0.717, 1.165) is 0 Å². The SMILES string of the molecule is CC(Cl)C(=O)NCC1NC(=O)CC1(C)C. The summed E-state index contributed by atoms with van der Waals surface area (Å²) in [5.41, 5.74) is -0.111. The van der Waals surface area contributed by atoms with E-state index in [1.54, 1.807) is 6.92 Å². The van der Waals surface area contributed by atoms with Crippen molar-refractivity contribution >= 4 is 23.4 Å². The van der Waals surface area contributed by atoms with Crippen molar-refractivity contribution in [1.82, 2.24) is 10.6 Å². The Balaban J connectivity index is 2.46. The molecule has 1 aliphatic rings. The van der Waals surface area contributed by atoms with Crippen molar-refractivity contribution in [2.24, 2.45) is 5.41 Å². The molecule has 1 rings (SSSR count). The van der Waals surface area contributed by atoms with Crippen LogP contribution in [0.25, 0.3) is 0 Å². The molecular formula is C10H17ClN2O2. The fraction of sp³-hybridized carbons (Fsp3) is 0.800. The van der Waals surface area contributed by atoms with E-state index >= 15 is 0 Å². The van der Waals surface area contributed by atoms with Crippen molar-refractivity contribution < 1.29 is 9.59 Å². The number of nitrogens with one attached hydrogen (secondary N) is 2. The fourth-order valence-corrected chi connectivity index (χ4v) is 1.73. The van der Waals surface area contributed by atoms with Crippen molar-refractivity contribution in [1.29, 1.82) is 0 Å². The molecule has 0 spiro atoms. The normalized spacial score (nSPS) is 25.9. The quantitative estimate of drug-likeness (QED) is 0.702. The predicted octanol–water partition coefficient (Wildman–Crippen LogP) is 0.645. The van der Waals surface area contributed by atoms with Crippen LogP contribution in [0.5, 0.6) is 0 Å². The van der Waals surface area contributed by atoms with E-state index in [0.29, 0.717) is 13.0 Å². The number of carbonyl (C=O) groups is 2. The second-order valence-electron chi connectivity index (χ2n) is 4.65. The monoisotopic (exact) mass is 232 g/mol. The summed E-state index contributed by atoms with van der Waals surface area (Å²) in [6.07, 6.45) is 0.504. The standard InChI is InChI=1S/C10H17ClN2O2/c1-6(11)9(15)12-5-7-10(2,3)4-8(14)13-7/h6-7H,4-5H2,1-3H3,(H,12,15)(H,13,14). The molecule has 4 nitrogen and oxygen atoms in total. The molecule has 0 aromatic heterocycles. The van der Waals surface area contributed by atoms with Gasteiger partial charge in [0.05, 0.1) is 6.04 Å². The van der Waals surface area contributed by atoms with Crippen molar-refractivity contribution in [3.63, 3.8) is 0 Å². The Morgan fingerprint density at radius 2 is 2.33 bits per heavy atom. The topological polar surface area (TPSA) is 58.2 Å². The summed E-state index contributed by atoms with van der Waals surface area (Å²) in [5, 5.41) is 5.02. The molecule has 2 atom stereocenters. The van der Waals surface area contributed by atoms with Crippen molar-refractivity contribution in [3.05, 3.63) is 0 Å². The van der Waals surface area contributed by atoms with Gasteiger partial charge in [0.1, 0.15) is 5.38 Å². The molecule has 1 fully saturated rings. The number of hydrogen-bond acceptors (Lipinski definition) is 2. The van der Waals surface area contributed by atoms with E-state index in [1.807, 2.05) is 13.8 Å². The lowest BCUT2D eigenvalue weighted by atomic mass is 9.85. The van der Waals surface area contributed by atoms with Crippen LogP contribution in [-0.2, 0) is 9.59 Å². The summed E-state index contributed by atoms with van der Waals surface area (Å²) in [5.74, 6) is -0.160. The molecule has 0 saturated carbocycles. The molecule has 0 bridgehead atoms. The molecule has 2 unspecified atom stereocenters. The van der Waals surface area contributed by atoms with Gasteiger partial charge in [0.2, 0.25) is 11.8 Å². The first-order valence-electron chi connectivity index (χ1n) is 5.04. The van der Waals surface area contributed by atoms with Gasteiger partial charge in [-0.05, 0) is 12.3 Å². The number of carbonyl (C=O) groups excluding carboxylic acids is 2. The molecular weight excluding hydrogens is 216 g/mol. The second-order valence-corrected chi connectivity index (χ2v) is 5.30. The Morgan fingerprint density at radius 3 is 2.73 bits per heavy atom. The second kappa shape index (κ2) is 4.39. The van der Waals surface area contributed by atoms with Gasteiger partial charge in [0, 0.05) is 13.0 Å². The van der Waals surface area contributed by atoms with E-state index in [-0.39, 0.29) is 23.3 Å².